The summed E-state index contributed by atoms with van der Waals surface area (Å²) in [5.41, 5.74) is 1.33. The molecule has 1 aromatic rings. The summed E-state index contributed by atoms with van der Waals surface area (Å²) in [6.45, 7) is 5.24. The molecule has 0 aliphatic carbocycles. The smallest absolute Gasteiger partial charge is 0.262 e. The molecule has 0 heterocycles. The summed E-state index contributed by atoms with van der Waals surface area (Å²) in [5, 5.41) is 0. The minimum Gasteiger partial charge on any atom is -0.262 e. The van der Waals surface area contributed by atoms with Crippen molar-refractivity contribution in [3.63, 3.8) is 0 Å². The van der Waals surface area contributed by atoms with E-state index in [0.717, 1.165) is 6.42 Å². The Bertz CT molecular complexity index is 399. The Morgan fingerprint density at radius 1 is 1.35 bits per heavy atom. The molecule has 1 aromatic carbocycles. The first-order chi connectivity index (χ1) is 7.99. The first-order valence-corrected chi connectivity index (χ1v) is 6.29. The van der Waals surface area contributed by atoms with Crippen LogP contribution in [-0.4, -0.2) is 19.6 Å². The third-order valence-corrected chi connectivity index (χ3v) is 1.74. The van der Waals surface area contributed by atoms with Crippen LogP contribution in [0.4, 0.5) is 0 Å². The van der Waals surface area contributed by atoms with E-state index >= 15 is 0 Å². The highest BCUT2D eigenvalue weighted by molar-refractivity contribution is 7.80. The summed E-state index contributed by atoms with van der Waals surface area (Å²) in [7, 11) is -4.41. The zero-order chi connectivity index (χ0) is 13.1. The molecule has 0 spiro atoms. The molecule has 6 heteroatoms. The summed E-state index contributed by atoms with van der Waals surface area (Å²) < 4.78 is 30.4. The van der Waals surface area contributed by atoms with Crippen molar-refractivity contribution in [1.82, 2.24) is 0 Å². The van der Waals surface area contributed by atoms with Gasteiger partial charge in [-0.25, -0.2) is 4.89 Å². The molecule has 17 heavy (non-hydrogen) atoms. The monoisotopic (exact) mass is 260 g/mol. The van der Waals surface area contributed by atoms with Crippen molar-refractivity contribution in [2.45, 2.75) is 13.3 Å². The lowest BCUT2D eigenvalue weighted by atomic mass is 10.2. The van der Waals surface area contributed by atoms with Crippen molar-refractivity contribution in [1.29, 1.82) is 0 Å². The van der Waals surface area contributed by atoms with Crippen molar-refractivity contribution in [2.24, 2.45) is 0 Å². The van der Waals surface area contributed by atoms with E-state index in [9.17, 15) is 8.42 Å². The van der Waals surface area contributed by atoms with Crippen LogP contribution in [0.3, 0.4) is 0 Å². The van der Waals surface area contributed by atoms with Crippen LogP contribution in [0.25, 0.3) is 0 Å². The van der Waals surface area contributed by atoms with Crippen LogP contribution in [-0.2, 0) is 26.0 Å². The number of hydrogen-bond donors (Lipinski definition) is 1. The van der Waals surface area contributed by atoms with Gasteiger partial charge in [0.15, 0.2) is 0 Å². The zero-order valence-electron chi connectivity index (χ0n) is 9.57. The van der Waals surface area contributed by atoms with E-state index in [0.29, 0.717) is 0 Å². The maximum atomic E-state index is 9.60. The molecule has 0 saturated heterocycles. The van der Waals surface area contributed by atoms with E-state index in [2.05, 4.69) is 27.9 Å². The molecule has 96 valence electrons. The fraction of sp³-hybridized carbons (Fsp3) is 0.273. The summed E-state index contributed by atoms with van der Waals surface area (Å²) in [6, 6.07) is 10.3. The van der Waals surface area contributed by atoms with Crippen molar-refractivity contribution in [2.75, 3.05) is 6.61 Å². The number of benzene rings is 1. The molecule has 5 nitrogen and oxygen atoms in total. The van der Waals surface area contributed by atoms with Gasteiger partial charge in [0.25, 0.3) is 0 Å². The van der Waals surface area contributed by atoms with Gasteiger partial charge in [-0.15, -0.1) is 6.58 Å². The SMILES string of the molecule is C=CCc1ccccc1.CCOOS(=O)(=O)O. The van der Waals surface area contributed by atoms with Gasteiger partial charge in [0.1, 0.15) is 0 Å². The number of rotatable bonds is 5. The molecule has 0 radical (unpaired) electrons. The van der Waals surface area contributed by atoms with Crippen LogP contribution in [0.5, 0.6) is 0 Å². The fourth-order valence-electron chi connectivity index (χ4n) is 0.890. The first kappa shape index (κ1) is 15.8. The molecule has 0 aromatic heterocycles. The van der Waals surface area contributed by atoms with E-state index in [1.165, 1.54) is 12.5 Å². The van der Waals surface area contributed by atoms with E-state index in [-0.39, 0.29) is 6.61 Å². The van der Waals surface area contributed by atoms with Gasteiger partial charge in [-0.05, 0) is 18.9 Å². The molecule has 0 aliphatic rings. The van der Waals surface area contributed by atoms with Crippen molar-refractivity contribution in [3.8, 4) is 0 Å². The minimum atomic E-state index is -4.41. The molecule has 0 bridgehead atoms. The van der Waals surface area contributed by atoms with Gasteiger partial charge in [-0.3, -0.25) is 4.55 Å². The molecule has 0 saturated carbocycles. The Morgan fingerprint density at radius 3 is 2.29 bits per heavy atom. The highest BCUT2D eigenvalue weighted by Crippen LogP contribution is 1.98. The molecule has 0 fully saturated rings. The van der Waals surface area contributed by atoms with E-state index in [1.54, 1.807) is 0 Å². The van der Waals surface area contributed by atoms with Crippen LogP contribution in [0, 0.1) is 0 Å². The maximum absolute atomic E-state index is 9.60. The van der Waals surface area contributed by atoms with Crippen LogP contribution < -0.4 is 0 Å². The van der Waals surface area contributed by atoms with Crippen LogP contribution in [0.2, 0.25) is 0 Å². The molecule has 0 unspecified atom stereocenters. The Kier molecular flexibility index (Phi) is 8.25. The lowest BCUT2D eigenvalue weighted by Gasteiger charge is -1.92. The molecule has 0 amide bonds. The molecule has 0 atom stereocenters. The third kappa shape index (κ3) is 11.1. The largest absolute Gasteiger partial charge is 0.424 e. The predicted molar refractivity (Wildman–Crippen MR) is 64.6 cm³/mol. The van der Waals surface area contributed by atoms with Crippen LogP contribution in [0.1, 0.15) is 12.5 Å². The minimum absolute atomic E-state index is 0.0692. The third-order valence-electron chi connectivity index (χ3n) is 1.47. The highest BCUT2D eigenvalue weighted by atomic mass is 32.3. The van der Waals surface area contributed by atoms with Gasteiger partial charge in [0.2, 0.25) is 0 Å². The lowest BCUT2D eigenvalue weighted by molar-refractivity contribution is -0.203. The predicted octanol–water partition coefficient (Wildman–Crippen LogP) is 2.17. The zero-order valence-corrected chi connectivity index (χ0v) is 10.4. The molecule has 1 N–H and O–H groups in total. The van der Waals surface area contributed by atoms with Gasteiger partial charge in [-0.2, -0.15) is 8.42 Å². The molecular weight excluding hydrogens is 244 g/mol. The Morgan fingerprint density at radius 2 is 1.94 bits per heavy atom. The van der Waals surface area contributed by atoms with E-state index in [1.807, 2.05) is 24.3 Å². The fourth-order valence-corrected chi connectivity index (χ4v) is 1.11. The second kappa shape index (κ2) is 8.89. The number of allylic oxidation sites excluding steroid dienone is 1. The van der Waals surface area contributed by atoms with Gasteiger partial charge in [0.05, 0.1) is 6.61 Å². The van der Waals surface area contributed by atoms with Crippen LogP contribution in [0.15, 0.2) is 43.0 Å². The summed E-state index contributed by atoms with van der Waals surface area (Å²) in [6.07, 6.45) is 2.89. The quantitative estimate of drug-likeness (QED) is 0.380. The summed E-state index contributed by atoms with van der Waals surface area (Å²) in [5.74, 6) is 0. The van der Waals surface area contributed by atoms with Crippen molar-refractivity contribution in [3.05, 3.63) is 48.6 Å². The van der Waals surface area contributed by atoms with E-state index in [4.69, 9.17) is 4.55 Å². The highest BCUT2D eigenvalue weighted by Gasteiger charge is 2.02. The average Bonchev–Trinajstić information content (AvgIpc) is 2.28. The molecule has 1 rings (SSSR count). The lowest BCUT2D eigenvalue weighted by Crippen LogP contribution is -2.03. The van der Waals surface area contributed by atoms with Gasteiger partial charge < -0.3 is 0 Å². The summed E-state index contributed by atoms with van der Waals surface area (Å²) in [4.78, 5) is 3.86. The van der Waals surface area contributed by atoms with Crippen molar-refractivity contribution < 1.29 is 22.2 Å². The number of hydrogen-bond acceptors (Lipinski definition) is 4. The first-order valence-electron chi connectivity index (χ1n) is 4.93. The maximum Gasteiger partial charge on any atom is 0.424 e. The Labute approximate surface area is 102 Å². The topological polar surface area (TPSA) is 72.8 Å². The van der Waals surface area contributed by atoms with Gasteiger partial charge in [0, 0.05) is 0 Å². The summed E-state index contributed by atoms with van der Waals surface area (Å²) >= 11 is 0. The second-order valence-electron chi connectivity index (χ2n) is 2.88. The van der Waals surface area contributed by atoms with Crippen LogP contribution >= 0.6 is 0 Å². The normalized spacial score (nSPS) is 10.2. The second-order valence-corrected chi connectivity index (χ2v) is 3.87. The van der Waals surface area contributed by atoms with Crippen molar-refractivity contribution >= 4 is 10.4 Å². The molecule has 0 aliphatic heterocycles. The Hall–Kier alpha value is -1.21. The van der Waals surface area contributed by atoms with Gasteiger partial charge in [-0.1, -0.05) is 40.7 Å². The molecular formula is C11H16O5S. The van der Waals surface area contributed by atoms with E-state index < -0.39 is 10.4 Å². The average molecular weight is 260 g/mol. The standard InChI is InChI=1S/C9H10.C2H6O5S/c1-2-6-9-7-4-3-5-8-9;1-2-6-7-8(3,4)5/h2-5,7-8H,1,6H2;2H2,1H3,(H,3,4,5). The van der Waals surface area contributed by atoms with Gasteiger partial charge >= 0.3 is 10.4 Å². The Balaban J connectivity index is 0.000000304.